The third kappa shape index (κ3) is 3.01. The molecule has 0 spiro atoms. The molecule has 3 aromatic heterocycles. The minimum absolute atomic E-state index is 0.129. The quantitative estimate of drug-likeness (QED) is 0.625. The van der Waals surface area contributed by atoms with Crippen molar-refractivity contribution in [2.75, 3.05) is 5.32 Å². The lowest BCUT2D eigenvalue weighted by Gasteiger charge is -2.09. The van der Waals surface area contributed by atoms with Crippen LogP contribution in [-0.4, -0.2) is 25.1 Å². The Balaban J connectivity index is 1.66. The predicted octanol–water partition coefficient (Wildman–Crippen LogP) is 3.14. The highest BCUT2D eigenvalue weighted by molar-refractivity contribution is 5.95. The lowest BCUT2D eigenvalue weighted by molar-refractivity contribution is -0.116. The van der Waals surface area contributed by atoms with Crippen molar-refractivity contribution in [3.05, 3.63) is 72.8 Å². The lowest BCUT2D eigenvalue weighted by atomic mass is 10.1. The molecule has 0 fully saturated rings. The van der Waals surface area contributed by atoms with E-state index < -0.39 is 0 Å². The standard InChI is InChI=1S/C19H17N5O/c1-14-6-4-10-23-12-17(22-19(14)23)15-7-2-3-8-16(15)21-18(25)13-24-11-5-9-20-24/h2-12H,13H2,1H3,(H,21,25). The van der Waals surface area contributed by atoms with Crippen LogP contribution in [0.5, 0.6) is 0 Å². The van der Waals surface area contributed by atoms with E-state index in [1.54, 1.807) is 23.1 Å². The SMILES string of the molecule is Cc1cccn2cc(-c3ccccc3NC(=O)Cn3cccn3)nc12. The second-order valence-corrected chi connectivity index (χ2v) is 5.85. The summed E-state index contributed by atoms with van der Waals surface area (Å²) >= 11 is 0. The van der Waals surface area contributed by atoms with Gasteiger partial charge in [0.05, 0.1) is 11.4 Å². The molecule has 0 atom stereocenters. The smallest absolute Gasteiger partial charge is 0.246 e. The number of carbonyl (C=O) groups excluding carboxylic acids is 1. The number of aromatic nitrogens is 4. The number of anilines is 1. The van der Waals surface area contributed by atoms with Crippen LogP contribution >= 0.6 is 0 Å². The Kier molecular flexibility index (Phi) is 3.78. The maximum absolute atomic E-state index is 12.3. The summed E-state index contributed by atoms with van der Waals surface area (Å²) in [6.45, 7) is 2.20. The zero-order chi connectivity index (χ0) is 17.2. The monoisotopic (exact) mass is 331 g/mol. The normalized spacial score (nSPS) is 10.9. The van der Waals surface area contributed by atoms with Crippen molar-refractivity contribution in [3.63, 3.8) is 0 Å². The highest BCUT2D eigenvalue weighted by Crippen LogP contribution is 2.28. The van der Waals surface area contributed by atoms with Gasteiger partial charge in [-0.05, 0) is 30.7 Å². The summed E-state index contributed by atoms with van der Waals surface area (Å²) in [6.07, 6.45) is 7.36. The van der Waals surface area contributed by atoms with Gasteiger partial charge in [-0.25, -0.2) is 4.98 Å². The third-order valence-electron chi connectivity index (χ3n) is 4.02. The molecule has 1 N–H and O–H groups in total. The van der Waals surface area contributed by atoms with Gasteiger partial charge in [0.1, 0.15) is 12.2 Å². The fourth-order valence-electron chi connectivity index (χ4n) is 2.83. The molecule has 0 aliphatic carbocycles. The number of amides is 1. The van der Waals surface area contributed by atoms with E-state index in [4.69, 9.17) is 4.98 Å². The largest absolute Gasteiger partial charge is 0.324 e. The van der Waals surface area contributed by atoms with E-state index >= 15 is 0 Å². The van der Waals surface area contributed by atoms with Crippen LogP contribution in [0.15, 0.2) is 67.3 Å². The number of hydrogen-bond donors (Lipinski definition) is 1. The molecule has 4 rings (SSSR count). The number of nitrogens with zero attached hydrogens (tertiary/aromatic N) is 4. The summed E-state index contributed by atoms with van der Waals surface area (Å²) in [4.78, 5) is 17.0. The van der Waals surface area contributed by atoms with E-state index in [0.717, 1.165) is 28.2 Å². The van der Waals surface area contributed by atoms with Crippen molar-refractivity contribution >= 4 is 17.2 Å². The van der Waals surface area contributed by atoms with E-state index in [9.17, 15) is 4.79 Å². The summed E-state index contributed by atoms with van der Waals surface area (Å²) in [5.74, 6) is -0.129. The van der Waals surface area contributed by atoms with Crippen molar-refractivity contribution in [1.82, 2.24) is 19.2 Å². The average Bonchev–Trinajstić information content (AvgIpc) is 3.25. The first kappa shape index (κ1) is 15.1. The number of nitrogens with one attached hydrogen (secondary N) is 1. The number of para-hydroxylation sites is 1. The fourth-order valence-corrected chi connectivity index (χ4v) is 2.83. The Morgan fingerprint density at radius 2 is 2.00 bits per heavy atom. The highest BCUT2D eigenvalue weighted by atomic mass is 16.2. The number of imidazole rings is 1. The average molecular weight is 331 g/mol. The summed E-state index contributed by atoms with van der Waals surface area (Å²) in [5, 5.41) is 7.01. The molecule has 3 heterocycles. The van der Waals surface area contributed by atoms with Crippen LogP contribution in [0.3, 0.4) is 0 Å². The molecule has 6 nitrogen and oxygen atoms in total. The Labute approximate surface area is 144 Å². The number of rotatable bonds is 4. The first-order valence-electron chi connectivity index (χ1n) is 8.02. The van der Waals surface area contributed by atoms with Gasteiger partial charge < -0.3 is 9.72 Å². The van der Waals surface area contributed by atoms with E-state index in [2.05, 4.69) is 10.4 Å². The Hall–Kier alpha value is -3.41. The van der Waals surface area contributed by atoms with Crippen molar-refractivity contribution in [2.45, 2.75) is 13.5 Å². The molecule has 0 aliphatic heterocycles. The molecule has 1 aromatic carbocycles. The van der Waals surface area contributed by atoms with Crippen LogP contribution in [-0.2, 0) is 11.3 Å². The van der Waals surface area contributed by atoms with Crippen LogP contribution in [0.25, 0.3) is 16.9 Å². The van der Waals surface area contributed by atoms with Crippen molar-refractivity contribution in [3.8, 4) is 11.3 Å². The van der Waals surface area contributed by atoms with Gasteiger partial charge in [-0.3, -0.25) is 9.48 Å². The van der Waals surface area contributed by atoms with Crippen LogP contribution in [0.4, 0.5) is 5.69 Å². The molecule has 25 heavy (non-hydrogen) atoms. The molecule has 0 radical (unpaired) electrons. The number of fused-ring (bicyclic) bond motifs is 1. The van der Waals surface area contributed by atoms with Gasteiger partial charge >= 0.3 is 0 Å². The number of carbonyl (C=O) groups is 1. The zero-order valence-corrected chi connectivity index (χ0v) is 13.8. The molecule has 0 saturated heterocycles. The number of hydrogen-bond acceptors (Lipinski definition) is 3. The maximum atomic E-state index is 12.3. The van der Waals surface area contributed by atoms with Crippen molar-refractivity contribution < 1.29 is 4.79 Å². The van der Waals surface area contributed by atoms with Crippen molar-refractivity contribution in [1.29, 1.82) is 0 Å². The molecular formula is C19H17N5O. The van der Waals surface area contributed by atoms with E-state index in [0.29, 0.717) is 0 Å². The molecule has 1 amide bonds. The first-order valence-corrected chi connectivity index (χ1v) is 8.02. The molecule has 0 bridgehead atoms. The summed E-state index contributed by atoms with van der Waals surface area (Å²) in [7, 11) is 0. The van der Waals surface area contributed by atoms with Crippen LogP contribution in [0.1, 0.15) is 5.56 Å². The van der Waals surface area contributed by atoms with Crippen molar-refractivity contribution in [2.24, 2.45) is 0 Å². The number of aryl methyl sites for hydroxylation is 1. The fraction of sp³-hybridized carbons (Fsp3) is 0.105. The van der Waals surface area contributed by atoms with E-state index in [-0.39, 0.29) is 12.5 Å². The third-order valence-corrected chi connectivity index (χ3v) is 4.02. The van der Waals surface area contributed by atoms with Gasteiger partial charge in [-0.2, -0.15) is 5.10 Å². The van der Waals surface area contributed by atoms with Gasteiger partial charge in [-0.15, -0.1) is 0 Å². The molecule has 0 saturated carbocycles. The molecular weight excluding hydrogens is 314 g/mol. The number of benzene rings is 1. The predicted molar refractivity (Wildman–Crippen MR) is 96.2 cm³/mol. The van der Waals surface area contributed by atoms with Crippen LogP contribution < -0.4 is 5.32 Å². The molecule has 6 heteroatoms. The molecule has 0 unspecified atom stereocenters. The minimum atomic E-state index is -0.129. The van der Waals surface area contributed by atoms with E-state index in [1.807, 2.05) is 60.1 Å². The van der Waals surface area contributed by atoms with Gasteiger partial charge in [0.25, 0.3) is 0 Å². The van der Waals surface area contributed by atoms with Gasteiger partial charge in [-0.1, -0.05) is 24.3 Å². The van der Waals surface area contributed by atoms with Crippen LogP contribution in [0, 0.1) is 6.92 Å². The van der Waals surface area contributed by atoms with Gasteiger partial charge in [0.2, 0.25) is 5.91 Å². The lowest BCUT2D eigenvalue weighted by Crippen LogP contribution is -2.19. The minimum Gasteiger partial charge on any atom is -0.324 e. The topological polar surface area (TPSA) is 64.2 Å². The highest BCUT2D eigenvalue weighted by Gasteiger charge is 2.12. The Morgan fingerprint density at radius 3 is 2.80 bits per heavy atom. The van der Waals surface area contributed by atoms with E-state index in [1.165, 1.54) is 0 Å². The van der Waals surface area contributed by atoms with Gasteiger partial charge in [0.15, 0.2) is 0 Å². The molecule has 4 aromatic rings. The van der Waals surface area contributed by atoms with Crippen LogP contribution in [0.2, 0.25) is 0 Å². The van der Waals surface area contributed by atoms with Gasteiger partial charge in [0, 0.05) is 30.4 Å². The number of pyridine rings is 1. The summed E-state index contributed by atoms with van der Waals surface area (Å²) in [6, 6.07) is 13.5. The first-order chi connectivity index (χ1) is 12.2. The second-order valence-electron chi connectivity index (χ2n) is 5.85. The zero-order valence-electron chi connectivity index (χ0n) is 13.8. The Bertz CT molecular complexity index is 1030. The summed E-state index contributed by atoms with van der Waals surface area (Å²) < 4.78 is 3.58. The summed E-state index contributed by atoms with van der Waals surface area (Å²) in [5.41, 5.74) is 4.47. The molecule has 0 aliphatic rings. The Morgan fingerprint density at radius 1 is 1.12 bits per heavy atom. The molecule has 124 valence electrons. The maximum Gasteiger partial charge on any atom is 0.246 e. The second kappa shape index (κ2) is 6.24.